The number of nitrogens with zero attached hydrogens (tertiary/aromatic N) is 2. The minimum Gasteiger partial charge on any atom is -0.342 e. The second-order valence-corrected chi connectivity index (χ2v) is 7.20. The van der Waals surface area contributed by atoms with Crippen LogP contribution in [0.4, 0.5) is 10.3 Å². The van der Waals surface area contributed by atoms with Crippen LogP contribution in [0.5, 0.6) is 0 Å². The van der Waals surface area contributed by atoms with E-state index in [4.69, 9.17) is 0 Å². The molecule has 152 valence electrons. The van der Waals surface area contributed by atoms with Crippen molar-refractivity contribution >= 4 is 39.6 Å². The van der Waals surface area contributed by atoms with E-state index >= 15 is 0 Å². The number of aromatic nitrogens is 3. The number of imidazole rings is 1. The van der Waals surface area contributed by atoms with E-state index in [-0.39, 0.29) is 11.8 Å². The molecular weight excluding hydrogens is 395 g/mol. The summed E-state index contributed by atoms with van der Waals surface area (Å²) in [6.45, 7) is 0.444. The number of hydrogen-bond donors (Lipinski definition) is 2. The minimum atomic E-state index is -0.774. The van der Waals surface area contributed by atoms with Crippen LogP contribution < -0.4 is 5.32 Å². The van der Waals surface area contributed by atoms with Gasteiger partial charge in [0.15, 0.2) is 0 Å². The van der Waals surface area contributed by atoms with Gasteiger partial charge in [0.1, 0.15) is 5.82 Å². The maximum absolute atomic E-state index is 13.2. The zero-order valence-corrected chi connectivity index (χ0v) is 16.3. The summed E-state index contributed by atoms with van der Waals surface area (Å²) in [6, 6.07) is 20.9. The van der Waals surface area contributed by atoms with Gasteiger partial charge in [0.25, 0.3) is 11.7 Å². The number of benzene rings is 3. The molecule has 0 saturated carbocycles. The Bertz CT molecular complexity index is 1400. The molecule has 2 heterocycles. The summed E-state index contributed by atoms with van der Waals surface area (Å²) in [5, 5.41) is 3.23. The highest BCUT2D eigenvalue weighted by Gasteiger charge is 2.22. The Balaban J connectivity index is 1.45. The first kappa shape index (κ1) is 18.7. The highest BCUT2D eigenvalue weighted by atomic mass is 19.1. The van der Waals surface area contributed by atoms with Crippen LogP contribution >= 0.6 is 0 Å². The van der Waals surface area contributed by atoms with E-state index in [1.165, 1.54) is 12.1 Å². The van der Waals surface area contributed by atoms with E-state index in [1.807, 2.05) is 47.0 Å². The lowest BCUT2D eigenvalue weighted by Crippen LogP contribution is -2.23. The average molecular weight is 412 g/mol. The molecule has 5 aromatic rings. The molecule has 0 saturated heterocycles. The molecule has 0 fully saturated rings. The number of amides is 1. The molecule has 0 aliphatic carbocycles. The van der Waals surface area contributed by atoms with Crippen LogP contribution in [-0.2, 0) is 11.3 Å². The maximum atomic E-state index is 13.2. The Kier molecular flexibility index (Phi) is 4.55. The smallest absolute Gasteiger partial charge is 0.299 e. The van der Waals surface area contributed by atoms with Crippen molar-refractivity contribution in [3.63, 3.8) is 0 Å². The van der Waals surface area contributed by atoms with Crippen LogP contribution in [0.2, 0.25) is 0 Å². The number of hydrogen-bond acceptors (Lipinski definition) is 3. The van der Waals surface area contributed by atoms with Crippen molar-refractivity contribution < 1.29 is 14.0 Å². The summed E-state index contributed by atoms with van der Waals surface area (Å²) in [6.07, 6.45) is 1.66. The molecule has 0 bridgehead atoms. The molecule has 0 atom stereocenters. The fourth-order valence-corrected chi connectivity index (χ4v) is 3.64. The molecule has 5 rings (SSSR count). The van der Waals surface area contributed by atoms with Gasteiger partial charge in [-0.15, -0.1) is 0 Å². The van der Waals surface area contributed by atoms with Crippen LogP contribution in [0.15, 0.2) is 79.0 Å². The van der Waals surface area contributed by atoms with Gasteiger partial charge in [-0.2, -0.15) is 0 Å². The van der Waals surface area contributed by atoms with Crippen molar-refractivity contribution in [3.05, 3.63) is 95.9 Å². The Hall–Kier alpha value is -4.26. The normalized spacial score (nSPS) is 11.1. The lowest BCUT2D eigenvalue weighted by molar-refractivity contribution is -0.112. The molecule has 1 amide bonds. The van der Waals surface area contributed by atoms with E-state index in [0.29, 0.717) is 23.0 Å². The van der Waals surface area contributed by atoms with Crippen LogP contribution in [0, 0.1) is 5.82 Å². The number of nitrogens with one attached hydrogen (secondary N) is 2. The van der Waals surface area contributed by atoms with Gasteiger partial charge in [0.2, 0.25) is 5.95 Å². The maximum Gasteiger partial charge on any atom is 0.299 e. The first-order valence-corrected chi connectivity index (χ1v) is 9.71. The number of carbonyl (C=O) groups is 2. The molecular formula is C24H17FN4O2. The first-order valence-electron chi connectivity index (χ1n) is 9.71. The van der Waals surface area contributed by atoms with E-state index in [9.17, 15) is 14.0 Å². The first-order chi connectivity index (χ1) is 15.1. The van der Waals surface area contributed by atoms with Gasteiger partial charge in [-0.25, -0.2) is 9.37 Å². The van der Waals surface area contributed by atoms with E-state index in [1.54, 1.807) is 24.4 Å². The second-order valence-electron chi connectivity index (χ2n) is 7.20. The van der Waals surface area contributed by atoms with E-state index < -0.39 is 11.7 Å². The predicted molar refractivity (Wildman–Crippen MR) is 116 cm³/mol. The summed E-state index contributed by atoms with van der Waals surface area (Å²) in [5.41, 5.74) is 3.45. The number of Topliss-reactive ketones (excluding diaryl/α,β-unsaturated/α-hetero) is 1. The van der Waals surface area contributed by atoms with Gasteiger partial charge in [-0.1, -0.05) is 42.5 Å². The summed E-state index contributed by atoms with van der Waals surface area (Å²) in [5.74, 6) is -1.52. The van der Waals surface area contributed by atoms with Crippen molar-refractivity contribution in [2.24, 2.45) is 0 Å². The number of rotatable bonds is 5. The van der Waals surface area contributed by atoms with Crippen molar-refractivity contribution in [3.8, 4) is 0 Å². The SMILES string of the molecule is O=C(Nc1nc2ccccc2[nH]1)C(=O)c1cn(Cc2ccc(F)cc2)c2ccccc12. The largest absolute Gasteiger partial charge is 0.342 e. The third-order valence-corrected chi connectivity index (χ3v) is 5.13. The number of aromatic amines is 1. The van der Waals surface area contributed by atoms with Crippen LogP contribution in [0.1, 0.15) is 15.9 Å². The van der Waals surface area contributed by atoms with Gasteiger partial charge >= 0.3 is 0 Å². The molecule has 0 aliphatic rings. The zero-order valence-electron chi connectivity index (χ0n) is 16.3. The molecule has 0 radical (unpaired) electrons. The standard InChI is InChI=1S/C24H17FN4O2/c25-16-11-9-15(10-12-16)13-29-14-18(17-5-1-4-8-21(17)29)22(30)23(31)28-24-26-19-6-2-3-7-20(19)27-24/h1-12,14H,13H2,(H2,26,27,28,31). The number of halogens is 1. The predicted octanol–water partition coefficient (Wildman–Crippen LogP) is 4.53. The van der Waals surface area contributed by atoms with Gasteiger partial charge in [0.05, 0.1) is 16.6 Å². The molecule has 2 aromatic heterocycles. The van der Waals surface area contributed by atoms with Gasteiger partial charge in [0, 0.05) is 23.6 Å². The third-order valence-electron chi connectivity index (χ3n) is 5.13. The lowest BCUT2D eigenvalue weighted by Gasteiger charge is -2.05. The van der Waals surface area contributed by atoms with Crippen LogP contribution in [-0.4, -0.2) is 26.2 Å². The molecule has 2 N–H and O–H groups in total. The molecule has 0 aliphatic heterocycles. The fraction of sp³-hybridized carbons (Fsp3) is 0.0417. The second kappa shape index (κ2) is 7.53. The topological polar surface area (TPSA) is 79.8 Å². The van der Waals surface area contributed by atoms with E-state index in [2.05, 4.69) is 15.3 Å². The molecule has 0 unspecified atom stereocenters. The number of carbonyl (C=O) groups excluding carboxylic acids is 2. The Morgan fingerprint density at radius 1 is 0.968 bits per heavy atom. The van der Waals surface area contributed by atoms with Gasteiger partial charge < -0.3 is 9.55 Å². The number of H-pyrrole nitrogens is 1. The third kappa shape index (κ3) is 3.57. The number of ketones is 1. The van der Waals surface area contributed by atoms with Crippen molar-refractivity contribution in [1.29, 1.82) is 0 Å². The number of para-hydroxylation sites is 3. The molecule has 7 heteroatoms. The zero-order chi connectivity index (χ0) is 21.4. The van der Waals surface area contributed by atoms with E-state index in [0.717, 1.165) is 16.6 Å². The summed E-state index contributed by atoms with van der Waals surface area (Å²) < 4.78 is 15.1. The lowest BCUT2D eigenvalue weighted by atomic mass is 10.1. The molecule has 0 spiro atoms. The monoisotopic (exact) mass is 412 g/mol. The average Bonchev–Trinajstić information content (AvgIpc) is 3.36. The minimum absolute atomic E-state index is 0.217. The Labute approximate surface area is 176 Å². The molecule has 6 nitrogen and oxygen atoms in total. The van der Waals surface area contributed by atoms with Gasteiger partial charge in [-0.05, 0) is 35.9 Å². The molecule has 31 heavy (non-hydrogen) atoms. The Morgan fingerprint density at radius 3 is 2.52 bits per heavy atom. The van der Waals surface area contributed by atoms with Crippen LogP contribution in [0.25, 0.3) is 21.9 Å². The number of anilines is 1. The highest BCUT2D eigenvalue weighted by Crippen LogP contribution is 2.24. The fourth-order valence-electron chi connectivity index (χ4n) is 3.64. The molecule has 3 aromatic carbocycles. The summed E-state index contributed by atoms with van der Waals surface area (Å²) in [4.78, 5) is 32.9. The Morgan fingerprint density at radius 2 is 1.71 bits per heavy atom. The quantitative estimate of drug-likeness (QED) is 0.329. The summed E-state index contributed by atoms with van der Waals surface area (Å²) in [7, 11) is 0. The van der Waals surface area contributed by atoms with Crippen molar-refractivity contribution in [2.75, 3.05) is 5.32 Å². The van der Waals surface area contributed by atoms with Crippen LogP contribution in [0.3, 0.4) is 0 Å². The highest BCUT2D eigenvalue weighted by molar-refractivity contribution is 6.48. The van der Waals surface area contributed by atoms with Crippen molar-refractivity contribution in [2.45, 2.75) is 6.54 Å². The van der Waals surface area contributed by atoms with Crippen molar-refractivity contribution in [1.82, 2.24) is 14.5 Å². The van der Waals surface area contributed by atoms with Gasteiger partial charge in [-0.3, -0.25) is 14.9 Å². The summed E-state index contributed by atoms with van der Waals surface area (Å²) >= 11 is 0. The number of fused-ring (bicyclic) bond motifs is 2.